The maximum absolute atomic E-state index is 12.4. The highest BCUT2D eigenvalue weighted by Gasteiger charge is 2.27. The van der Waals surface area contributed by atoms with E-state index < -0.39 is 17.9 Å². The average molecular weight is 415 g/mol. The van der Waals surface area contributed by atoms with Gasteiger partial charge in [0, 0.05) is 17.0 Å². The number of rotatable bonds is 8. The van der Waals surface area contributed by atoms with E-state index in [1.165, 1.54) is 14.2 Å². The van der Waals surface area contributed by atoms with E-state index in [-0.39, 0.29) is 12.2 Å². The molecule has 2 rings (SSSR count). The SMILES string of the molecule is COC(=O)Cc1ccc(OC)c(Oc2ccc(N)cc2CSCC(F)(F)F)c1. The number of carbonyl (C=O) groups excluding carboxylic acids is 1. The molecule has 0 fully saturated rings. The number of hydrogen-bond donors (Lipinski definition) is 1. The molecule has 28 heavy (non-hydrogen) atoms. The van der Waals surface area contributed by atoms with Gasteiger partial charge in [-0.2, -0.15) is 13.2 Å². The Bertz CT molecular complexity index is 827. The lowest BCUT2D eigenvalue weighted by Crippen LogP contribution is -2.11. The topological polar surface area (TPSA) is 70.8 Å². The summed E-state index contributed by atoms with van der Waals surface area (Å²) in [4.78, 5) is 11.5. The number of nitrogen functional groups attached to an aromatic ring is 1. The molecule has 0 heterocycles. The Kier molecular flexibility index (Phi) is 7.45. The second-order valence-corrected chi connectivity index (χ2v) is 6.80. The van der Waals surface area contributed by atoms with Crippen LogP contribution in [0.25, 0.3) is 0 Å². The fourth-order valence-electron chi connectivity index (χ4n) is 2.36. The number of methoxy groups -OCH3 is 2. The van der Waals surface area contributed by atoms with Crippen molar-refractivity contribution in [2.75, 3.05) is 25.7 Å². The van der Waals surface area contributed by atoms with Gasteiger partial charge in [0.1, 0.15) is 5.75 Å². The molecule has 0 atom stereocenters. The first-order valence-corrected chi connectivity index (χ1v) is 9.32. The second kappa shape index (κ2) is 9.59. The predicted octanol–water partition coefficient (Wildman–Crippen LogP) is 4.58. The van der Waals surface area contributed by atoms with Crippen LogP contribution in [0, 0.1) is 0 Å². The van der Waals surface area contributed by atoms with Crippen molar-refractivity contribution in [2.45, 2.75) is 18.3 Å². The number of thioether (sulfide) groups is 1. The Morgan fingerprint density at radius 3 is 2.43 bits per heavy atom. The van der Waals surface area contributed by atoms with E-state index in [0.717, 1.165) is 11.8 Å². The van der Waals surface area contributed by atoms with Crippen LogP contribution >= 0.6 is 11.8 Å². The van der Waals surface area contributed by atoms with Crippen molar-refractivity contribution in [2.24, 2.45) is 0 Å². The molecule has 2 aromatic carbocycles. The molecule has 0 saturated carbocycles. The Hall–Kier alpha value is -2.55. The highest BCUT2D eigenvalue weighted by Crippen LogP contribution is 2.36. The van der Waals surface area contributed by atoms with Crippen LogP contribution < -0.4 is 15.2 Å². The van der Waals surface area contributed by atoms with Crippen LogP contribution in [-0.4, -0.2) is 32.1 Å². The summed E-state index contributed by atoms with van der Waals surface area (Å²) in [5, 5.41) is 0. The van der Waals surface area contributed by atoms with Crippen molar-refractivity contribution in [3.8, 4) is 17.2 Å². The molecule has 0 aliphatic heterocycles. The normalized spacial score (nSPS) is 11.2. The molecule has 5 nitrogen and oxygen atoms in total. The predicted molar refractivity (Wildman–Crippen MR) is 102 cm³/mol. The molecule has 0 aliphatic carbocycles. The summed E-state index contributed by atoms with van der Waals surface area (Å²) in [6.07, 6.45) is -4.20. The van der Waals surface area contributed by atoms with Gasteiger partial charge in [-0.3, -0.25) is 4.79 Å². The number of benzene rings is 2. The summed E-state index contributed by atoms with van der Waals surface area (Å²) in [7, 11) is 2.76. The highest BCUT2D eigenvalue weighted by molar-refractivity contribution is 7.98. The zero-order valence-corrected chi connectivity index (χ0v) is 16.2. The summed E-state index contributed by atoms with van der Waals surface area (Å²) in [6, 6.07) is 9.72. The minimum Gasteiger partial charge on any atom is -0.493 e. The molecule has 0 aliphatic rings. The molecule has 152 valence electrons. The third kappa shape index (κ3) is 6.56. The molecule has 9 heteroatoms. The van der Waals surface area contributed by atoms with Crippen molar-refractivity contribution < 1.29 is 32.2 Å². The molecular formula is C19H20F3NO4S. The molecule has 2 N–H and O–H groups in total. The zero-order valence-electron chi connectivity index (χ0n) is 15.3. The van der Waals surface area contributed by atoms with E-state index in [0.29, 0.717) is 34.1 Å². The lowest BCUT2D eigenvalue weighted by atomic mass is 10.1. The van der Waals surface area contributed by atoms with Gasteiger partial charge in [-0.05, 0) is 35.9 Å². The van der Waals surface area contributed by atoms with E-state index in [9.17, 15) is 18.0 Å². The minimum absolute atomic E-state index is 0.0485. The summed E-state index contributed by atoms with van der Waals surface area (Å²) >= 11 is 0.718. The van der Waals surface area contributed by atoms with Gasteiger partial charge < -0.3 is 19.9 Å². The molecule has 2 aromatic rings. The van der Waals surface area contributed by atoms with Gasteiger partial charge in [0.05, 0.1) is 26.4 Å². The molecule has 0 unspecified atom stereocenters. The highest BCUT2D eigenvalue weighted by atomic mass is 32.2. The smallest absolute Gasteiger partial charge is 0.397 e. The first-order valence-electron chi connectivity index (χ1n) is 8.16. The van der Waals surface area contributed by atoms with Gasteiger partial charge >= 0.3 is 12.1 Å². The van der Waals surface area contributed by atoms with Crippen molar-refractivity contribution in [3.63, 3.8) is 0 Å². The number of halogens is 3. The van der Waals surface area contributed by atoms with E-state index >= 15 is 0 Å². The zero-order chi connectivity index (χ0) is 20.7. The maximum Gasteiger partial charge on any atom is 0.397 e. The van der Waals surface area contributed by atoms with Crippen LogP contribution in [0.3, 0.4) is 0 Å². The lowest BCUT2D eigenvalue weighted by molar-refractivity contribution is -0.139. The van der Waals surface area contributed by atoms with Gasteiger partial charge in [-0.25, -0.2) is 0 Å². The Balaban J connectivity index is 2.26. The van der Waals surface area contributed by atoms with Crippen LogP contribution in [0.2, 0.25) is 0 Å². The van der Waals surface area contributed by atoms with Gasteiger partial charge in [0.2, 0.25) is 0 Å². The Morgan fingerprint density at radius 2 is 1.79 bits per heavy atom. The molecule has 0 saturated heterocycles. The Morgan fingerprint density at radius 1 is 1.07 bits per heavy atom. The standard InChI is InChI=1S/C19H20F3NO4S/c1-25-16-5-3-12(8-18(24)26-2)7-17(16)27-15-6-4-14(23)9-13(15)10-28-11-19(20,21)22/h3-7,9H,8,10-11,23H2,1-2H3. The van der Waals surface area contributed by atoms with E-state index in [4.69, 9.17) is 15.2 Å². The number of anilines is 1. The van der Waals surface area contributed by atoms with Crippen molar-refractivity contribution in [1.82, 2.24) is 0 Å². The number of hydrogen-bond acceptors (Lipinski definition) is 6. The summed E-state index contributed by atoms with van der Waals surface area (Å²) in [5.41, 5.74) is 7.35. The third-order valence-corrected chi connectivity index (χ3v) is 4.68. The maximum atomic E-state index is 12.4. The minimum atomic E-state index is -4.25. The van der Waals surface area contributed by atoms with Gasteiger partial charge in [0.25, 0.3) is 0 Å². The van der Waals surface area contributed by atoms with Gasteiger partial charge in [0.15, 0.2) is 11.5 Å². The van der Waals surface area contributed by atoms with Crippen LogP contribution in [0.4, 0.5) is 18.9 Å². The van der Waals surface area contributed by atoms with Crippen LogP contribution in [0.15, 0.2) is 36.4 Å². The van der Waals surface area contributed by atoms with Crippen molar-refractivity contribution >= 4 is 23.4 Å². The van der Waals surface area contributed by atoms with E-state index in [1.54, 1.807) is 36.4 Å². The number of carbonyl (C=O) groups is 1. The number of nitrogens with two attached hydrogens (primary N) is 1. The molecule has 0 amide bonds. The van der Waals surface area contributed by atoms with Crippen molar-refractivity contribution in [1.29, 1.82) is 0 Å². The lowest BCUT2D eigenvalue weighted by Gasteiger charge is -2.15. The number of esters is 1. The van der Waals surface area contributed by atoms with Crippen LogP contribution in [0.5, 0.6) is 17.2 Å². The van der Waals surface area contributed by atoms with E-state index in [1.807, 2.05) is 0 Å². The molecular weight excluding hydrogens is 395 g/mol. The Labute approximate surface area is 165 Å². The molecule has 0 aromatic heterocycles. The summed E-state index contributed by atoms with van der Waals surface area (Å²) in [5.74, 6) is -0.205. The molecule has 0 spiro atoms. The average Bonchev–Trinajstić information content (AvgIpc) is 2.63. The number of ether oxygens (including phenoxy) is 3. The van der Waals surface area contributed by atoms with Gasteiger partial charge in [-0.15, -0.1) is 11.8 Å². The first-order chi connectivity index (χ1) is 13.2. The number of alkyl halides is 3. The van der Waals surface area contributed by atoms with Crippen molar-refractivity contribution in [3.05, 3.63) is 47.5 Å². The summed E-state index contributed by atoms with van der Waals surface area (Å²) in [6.45, 7) is 0. The van der Waals surface area contributed by atoms with Gasteiger partial charge in [-0.1, -0.05) is 6.07 Å². The molecule has 0 radical (unpaired) electrons. The largest absolute Gasteiger partial charge is 0.493 e. The molecule has 0 bridgehead atoms. The fourth-order valence-corrected chi connectivity index (χ4v) is 3.14. The van der Waals surface area contributed by atoms with Crippen LogP contribution in [-0.2, 0) is 21.7 Å². The fraction of sp³-hybridized carbons (Fsp3) is 0.316. The summed E-state index contributed by atoms with van der Waals surface area (Å²) < 4.78 is 53.1. The first kappa shape index (κ1) is 21.7. The second-order valence-electron chi connectivity index (χ2n) is 5.82. The monoisotopic (exact) mass is 415 g/mol. The van der Waals surface area contributed by atoms with E-state index in [2.05, 4.69) is 4.74 Å². The quantitative estimate of drug-likeness (QED) is 0.503. The van der Waals surface area contributed by atoms with Crippen LogP contribution in [0.1, 0.15) is 11.1 Å². The third-order valence-electron chi connectivity index (χ3n) is 3.63.